The summed E-state index contributed by atoms with van der Waals surface area (Å²) in [5, 5.41) is 0. The van der Waals surface area contributed by atoms with E-state index in [2.05, 4.69) is 0 Å². The Labute approximate surface area is 73.1 Å². The second kappa shape index (κ2) is 2.58. The molecule has 0 fully saturated rings. The predicted molar refractivity (Wildman–Crippen MR) is 42.2 cm³/mol. The zero-order valence-electron chi connectivity index (χ0n) is 6.67. The van der Waals surface area contributed by atoms with E-state index in [-0.39, 0.29) is 5.69 Å². The summed E-state index contributed by atoms with van der Waals surface area (Å²) in [6.45, 7) is 0. The Balaban J connectivity index is 2.48. The van der Waals surface area contributed by atoms with Gasteiger partial charge in [0.15, 0.2) is 6.21 Å². The maximum Gasteiger partial charge on any atom is 0.638 e. The van der Waals surface area contributed by atoms with Crippen LogP contribution in [0.15, 0.2) is 24.3 Å². The molecule has 4 heteroatoms. The van der Waals surface area contributed by atoms with E-state index < -0.39 is 6.30 Å². The highest BCUT2D eigenvalue weighted by molar-refractivity contribution is 5.67. The van der Waals surface area contributed by atoms with Gasteiger partial charge in [0.2, 0.25) is 5.69 Å². The zero-order valence-corrected chi connectivity index (χ0v) is 6.67. The molecule has 1 aliphatic rings. The summed E-state index contributed by atoms with van der Waals surface area (Å²) in [5.41, 5.74) is 0.967. The second-order valence-corrected chi connectivity index (χ2v) is 2.85. The molecule has 0 saturated carbocycles. The monoisotopic (exact) mass is 186 g/mol. The van der Waals surface area contributed by atoms with E-state index in [9.17, 15) is 13.2 Å². The molecule has 1 aromatic rings. The number of hydrogen-bond acceptors (Lipinski definition) is 0. The lowest BCUT2D eigenvalue weighted by Crippen LogP contribution is -2.23. The molecule has 0 unspecified atom stereocenters. The average molecular weight is 186 g/mol. The summed E-state index contributed by atoms with van der Waals surface area (Å²) in [5.74, 6) is 0. The van der Waals surface area contributed by atoms with Crippen molar-refractivity contribution >= 4 is 11.9 Å². The fourth-order valence-electron chi connectivity index (χ4n) is 1.45. The van der Waals surface area contributed by atoms with Crippen molar-refractivity contribution in [3.8, 4) is 0 Å². The van der Waals surface area contributed by atoms with Gasteiger partial charge in [-0.2, -0.15) is 0 Å². The first-order valence-electron chi connectivity index (χ1n) is 3.86. The van der Waals surface area contributed by atoms with Gasteiger partial charge < -0.3 is 0 Å². The normalized spacial score (nSPS) is 15.5. The van der Waals surface area contributed by atoms with Crippen LogP contribution in [0, 0.1) is 0 Å². The fourth-order valence-corrected chi connectivity index (χ4v) is 1.45. The Morgan fingerprint density at radius 1 is 1.15 bits per heavy atom. The Morgan fingerprint density at radius 2 is 1.85 bits per heavy atom. The molecule has 0 atom stereocenters. The Kier molecular flexibility index (Phi) is 1.65. The van der Waals surface area contributed by atoms with Gasteiger partial charge in [0.05, 0.1) is 6.42 Å². The van der Waals surface area contributed by atoms with Crippen LogP contribution in [0.4, 0.5) is 18.9 Å². The highest BCUT2D eigenvalue weighted by Crippen LogP contribution is 2.31. The number of para-hydroxylation sites is 1. The second-order valence-electron chi connectivity index (χ2n) is 2.85. The molecule has 0 radical (unpaired) electrons. The van der Waals surface area contributed by atoms with E-state index in [0.29, 0.717) is 11.0 Å². The van der Waals surface area contributed by atoms with Gasteiger partial charge in [0.25, 0.3) is 0 Å². The molecule has 0 amide bonds. The van der Waals surface area contributed by atoms with E-state index in [0.717, 1.165) is 11.8 Å². The molecule has 1 nitrogen and oxygen atoms in total. The van der Waals surface area contributed by atoms with Gasteiger partial charge in [0.1, 0.15) is 0 Å². The van der Waals surface area contributed by atoms with Crippen LogP contribution in [0.1, 0.15) is 5.56 Å². The van der Waals surface area contributed by atoms with Crippen molar-refractivity contribution in [2.24, 2.45) is 0 Å². The van der Waals surface area contributed by atoms with Crippen LogP contribution >= 0.6 is 0 Å². The van der Waals surface area contributed by atoms with E-state index in [4.69, 9.17) is 0 Å². The largest absolute Gasteiger partial charge is 0.638 e. The number of fused-ring (bicyclic) bond motifs is 1. The lowest BCUT2D eigenvalue weighted by atomic mass is 10.2. The molecule has 0 aromatic heterocycles. The summed E-state index contributed by atoms with van der Waals surface area (Å²) >= 11 is 0. The molecule has 0 saturated heterocycles. The van der Waals surface area contributed by atoms with E-state index >= 15 is 0 Å². The van der Waals surface area contributed by atoms with Crippen molar-refractivity contribution in [1.29, 1.82) is 0 Å². The molecule has 0 bridgehead atoms. The Hall–Kier alpha value is -1.32. The van der Waals surface area contributed by atoms with E-state index in [1.165, 1.54) is 6.07 Å². The van der Waals surface area contributed by atoms with Crippen LogP contribution in [-0.2, 0) is 6.42 Å². The average Bonchev–Trinajstić information content (AvgIpc) is 2.45. The first-order valence-corrected chi connectivity index (χ1v) is 3.86. The number of alkyl halides is 3. The maximum absolute atomic E-state index is 12.3. The number of halogens is 3. The predicted octanol–water partition coefficient (Wildman–Crippen LogP) is 2.48. The Bertz CT molecular complexity index is 365. The molecule has 0 aliphatic carbocycles. The minimum Gasteiger partial charge on any atom is -0.106 e. The van der Waals surface area contributed by atoms with Crippen molar-refractivity contribution in [3.63, 3.8) is 0 Å². The molecule has 1 aliphatic heterocycles. The first-order chi connectivity index (χ1) is 6.09. The van der Waals surface area contributed by atoms with Crippen LogP contribution in [0.5, 0.6) is 0 Å². The zero-order chi connectivity index (χ0) is 9.47. The molecule has 1 aromatic carbocycles. The first kappa shape index (κ1) is 8.29. The highest BCUT2D eigenvalue weighted by atomic mass is 19.4. The molecule has 2 rings (SSSR count). The van der Waals surface area contributed by atoms with Crippen LogP contribution < -0.4 is 0 Å². The molecule has 1 heterocycles. The van der Waals surface area contributed by atoms with Crippen molar-refractivity contribution in [2.75, 3.05) is 0 Å². The van der Waals surface area contributed by atoms with Gasteiger partial charge in [-0.25, -0.2) is 0 Å². The van der Waals surface area contributed by atoms with Crippen LogP contribution in [0.25, 0.3) is 0 Å². The number of nitrogens with zero attached hydrogens (tertiary/aromatic N) is 1. The highest BCUT2D eigenvalue weighted by Gasteiger charge is 2.47. The number of benzene rings is 1. The summed E-state index contributed by atoms with van der Waals surface area (Å²) in [7, 11) is 0. The van der Waals surface area contributed by atoms with Crippen molar-refractivity contribution < 1.29 is 17.7 Å². The molecule has 68 valence electrons. The summed E-state index contributed by atoms with van der Waals surface area (Å²) in [6.07, 6.45) is -2.78. The Morgan fingerprint density at radius 3 is 2.54 bits per heavy atom. The molecule has 13 heavy (non-hydrogen) atoms. The lowest BCUT2D eigenvalue weighted by Gasteiger charge is -2.01. The third-order valence-corrected chi connectivity index (χ3v) is 2.02. The molecule has 0 N–H and O–H groups in total. The van der Waals surface area contributed by atoms with Gasteiger partial charge >= 0.3 is 6.30 Å². The standard InChI is InChI=1S/C9H7F3N/c10-9(11,12)13-6-5-7-3-1-2-4-8(7)13/h1-4,6H,5H2/q+1. The SMILES string of the molecule is FC(F)(F)[N+]1=CCc2ccccc21. The van der Waals surface area contributed by atoms with Gasteiger partial charge in [-0.15, -0.1) is 17.7 Å². The van der Waals surface area contributed by atoms with Crippen molar-refractivity contribution in [2.45, 2.75) is 12.7 Å². The van der Waals surface area contributed by atoms with E-state index in [1.807, 2.05) is 0 Å². The lowest BCUT2D eigenvalue weighted by molar-refractivity contribution is -0.652. The summed E-state index contributed by atoms with van der Waals surface area (Å²) in [4.78, 5) is 0. The minimum atomic E-state index is -4.30. The van der Waals surface area contributed by atoms with Gasteiger partial charge in [-0.3, -0.25) is 0 Å². The number of hydrogen-bond donors (Lipinski definition) is 0. The maximum atomic E-state index is 12.3. The third-order valence-electron chi connectivity index (χ3n) is 2.02. The van der Waals surface area contributed by atoms with Gasteiger partial charge in [-0.1, -0.05) is 18.2 Å². The van der Waals surface area contributed by atoms with Crippen LogP contribution in [0.2, 0.25) is 0 Å². The third kappa shape index (κ3) is 1.32. The van der Waals surface area contributed by atoms with Gasteiger partial charge in [-0.05, 0) is 0 Å². The van der Waals surface area contributed by atoms with Crippen molar-refractivity contribution in [3.05, 3.63) is 29.8 Å². The molecular formula is C9H7F3N+. The van der Waals surface area contributed by atoms with E-state index in [1.54, 1.807) is 18.2 Å². The topological polar surface area (TPSA) is 3.01 Å². The molecule has 0 spiro atoms. The fraction of sp³-hybridized carbons (Fsp3) is 0.222. The summed E-state index contributed by atoms with van der Waals surface area (Å²) < 4.78 is 37.4. The minimum absolute atomic E-state index is 0.245. The van der Waals surface area contributed by atoms with Crippen molar-refractivity contribution in [1.82, 2.24) is 0 Å². The smallest absolute Gasteiger partial charge is 0.106 e. The summed E-state index contributed by atoms with van der Waals surface area (Å²) in [6, 6.07) is 6.53. The molecular weight excluding hydrogens is 179 g/mol. The van der Waals surface area contributed by atoms with Gasteiger partial charge in [0, 0.05) is 11.6 Å². The number of rotatable bonds is 0. The van der Waals surface area contributed by atoms with Crippen LogP contribution in [0.3, 0.4) is 0 Å². The van der Waals surface area contributed by atoms with Crippen LogP contribution in [-0.4, -0.2) is 17.1 Å². The quantitative estimate of drug-likeness (QED) is 0.432.